The Hall–Kier alpha value is -2.37. The molecule has 0 bridgehead atoms. The van der Waals surface area contributed by atoms with Crippen LogP contribution in [0.4, 0.5) is 11.9 Å². The predicted octanol–water partition coefficient (Wildman–Crippen LogP) is 0.622. The monoisotopic (exact) mass is 200 g/mol. The van der Waals surface area contributed by atoms with Crippen LogP contribution >= 0.6 is 0 Å². The van der Waals surface area contributed by atoms with E-state index in [0.29, 0.717) is 5.95 Å². The van der Waals surface area contributed by atoms with Crippen LogP contribution in [0.3, 0.4) is 0 Å². The van der Waals surface area contributed by atoms with Crippen molar-refractivity contribution in [1.29, 1.82) is 0 Å². The van der Waals surface area contributed by atoms with Crippen LogP contribution in [0.2, 0.25) is 0 Å². The lowest BCUT2D eigenvalue weighted by Crippen LogP contribution is -1.84. The van der Waals surface area contributed by atoms with Crippen molar-refractivity contribution in [3.05, 3.63) is 18.2 Å². The van der Waals surface area contributed by atoms with Crippen LogP contribution in [0.15, 0.2) is 18.2 Å². The van der Waals surface area contributed by atoms with Gasteiger partial charge in [0, 0.05) is 0 Å². The van der Waals surface area contributed by atoms with E-state index in [9.17, 15) is 0 Å². The van der Waals surface area contributed by atoms with E-state index >= 15 is 0 Å². The molecule has 15 heavy (non-hydrogen) atoms. The molecule has 1 aliphatic heterocycles. The third-order valence-corrected chi connectivity index (χ3v) is 2.19. The second-order valence-electron chi connectivity index (χ2n) is 3.25. The van der Waals surface area contributed by atoms with Crippen molar-refractivity contribution in [3.8, 4) is 11.4 Å². The molecule has 0 spiro atoms. The molecule has 74 valence electrons. The van der Waals surface area contributed by atoms with Crippen LogP contribution in [0, 0.1) is 0 Å². The standard InChI is InChI=1S/C9H8N6/c10-8-12-4-1-2-5-7(3-6(4)14-8)15-9(11)13-5/h1-3H,(H2,10,12,14)(H3,11,13,15). The van der Waals surface area contributed by atoms with Gasteiger partial charge in [0.1, 0.15) is 0 Å². The summed E-state index contributed by atoms with van der Waals surface area (Å²) in [6.07, 6.45) is 0. The molecule has 1 aromatic rings. The summed E-state index contributed by atoms with van der Waals surface area (Å²) >= 11 is 0. The Labute approximate surface area is 84.7 Å². The number of nitrogen functional groups attached to an aromatic ring is 2. The maximum Gasteiger partial charge on any atom is 0.221 e. The molecule has 1 aromatic heterocycles. The smallest absolute Gasteiger partial charge is 0.221 e. The number of imidazole rings is 2. The molecule has 0 amide bonds. The first-order valence-corrected chi connectivity index (χ1v) is 4.41. The van der Waals surface area contributed by atoms with Crippen LogP contribution in [0.5, 0.6) is 0 Å². The second kappa shape index (κ2) is 2.57. The number of hydrogen-bond acceptors (Lipinski definition) is 5. The van der Waals surface area contributed by atoms with Gasteiger partial charge in [0.05, 0.1) is 22.4 Å². The molecule has 0 saturated carbocycles. The number of nitrogens with zero attached hydrogens (tertiary/aromatic N) is 3. The lowest BCUT2D eigenvalue weighted by molar-refractivity contribution is 1.34. The Bertz CT molecular complexity index is 613. The van der Waals surface area contributed by atoms with Crippen molar-refractivity contribution in [1.82, 2.24) is 19.9 Å². The van der Waals surface area contributed by atoms with Gasteiger partial charge in [0.15, 0.2) is 5.95 Å². The molecule has 0 atom stereocenters. The van der Waals surface area contributed by atoms with Crippen LogP contribution in [0.25, 0.3) is 22.4 Å². The summed E-state index contributed by atoms with van der Waals surface area (Å²) in [5.41, 5.74) is 14.1. The SMILES string of the molecule is Nc1nc2ccc3nc(N)[nH]c3cc-2n1. The van der Waals surface area contributed by atoms with Crippen LogP contribution < -0.4 is 11.5 Å². The Balaban J connectivity index is 2.42. The van der Waals surface area contributed by atoms with Crippen molar-refractivity contribution in [2.24, 2.45) is 0 Å². The fourth-order valence-corrected chi connectivity index (χ4v) is 1.57. The molecule has 6 heteroatoms. The molecule has 0 unspecified atom stereocenters. The number of anilines is 2. The Morgan fingerprint density at radius 2 is 1.80 bits per heavy atom. The number of aromatic amines is 1. The molecule has 3 rings (SSSR count). The zero-order valence-corrected chi connectivity index (χ0v) is 7.73. The number of nitrogens with two attached hydrogens (primary N) is 2. The summed E-state index contributed by atoms with van der Waals surface area (Å²) < 4.78 is 0. The van der Waals surface area contributed by atoms with Crippen LogP contribution in [-0.2, 0) is 0 Å². The van der Waals surface area contributed by atoms with Crippen molar-refractivity contribution in [2.75, 3.05) is 11.5 Å². The number of aromatic nitrogens is 4. The highest BCUT2D eigenvalue weighted by Gasteiger charge is 2.09. The van der Waals surface area contributed by atoms with Crippen LogP contribution in [0.1, 0.15) is 0 Å². The number of nitrogens with one attached hydrogen (secondary N) is 1. The van der Waals surface area contributed by atoms with E-state index in [-0.39, 0.29) is 5.95 Å². The Morgan fingerprint density at radius 3 is 2.67 bits per heavy atom. The first-order valence-electron chi connectivity index (χ1n) is 4.41. The van der Waals surface area contributed by atoms with Crippen molar-refractivity contribution >= 4 is 22.9 Å². The van der Waals surface area contributed by atoms with Crippen molar-refractivity contribution in [2.45, 2.75) is 0 Å². The maximum absolute atomic E-state index is 5.55. The van der Waals surface area contributed by atoms with Gasteiger partial charge in [-0.3, -0.25) is 0 Å². The summed E-state index contributed by atoms with van der Waals surface area (Å²) in [4.78, 5) is 15.2. The van der Waals surface area contributed by atoms with E-state index in [4.69, 9.17) is 11.5 Å². The lowest BCUT2D eigenvalue weighted by Gasteiger charge is -1.83. The largest absolute Gasteiger partial charge is 0.369 e. The summed E-state index contributed by atoms with van der Waals surface area (Å²) in [6.45, 7) is 0. The van der Waals surface area contributed by atoms with E-state index in [1.54, 1.807) is 0 Å². The van der Waals surface area contributed by atoms with Gasteiger partial charge in [-0.05, 0) is 18.2 Å². The van der Waals surface area contributed by atoms with Gasteiger partial charge in [-0.15, -0.1) is 0 Å². The molecule has 0 saturated heterocycles. The van der Waals surface area contributed by atoms with Gasteiger partial charge >= 0.3 is 0 Å². The molecule has 1 aliphatic carbocycles. The third kappa shape index (κ3) is 1.15. The van der Waals surface area contributed by atoms with Gasteiger partial charge in [-0.1, -0.05) is 0 Å². The predicted molar refractivity (Wildman–Crippen MR) is 57.1 cm³/mol. The molecule has 2 aliphatic rings. The number of H-pyrrole nitrogens is 1. The number of fused-ring (bicyclic) bond motifs is 2. The van der Waals surface area contributed by atoms with E-state index in [1.165, 1.54) is 0 Å². The molecular weight excluding hydrogens is 192 g/mol. The highest BCUT2D eigenvalue weighted by Crippen LogP contribution is 2.22. The average Bonchev–Trinajstić information content (AvgIpc) is 2.65. The zero-order valence-electron chi connectivity index (χ0n) is 7.73. The van der Waals surface area contributed by atoms with E-state index in [0.717, 1.165) is 22.4 Å². The minimum atomic E-state index is 0.275. The molecular formula is C9H8N6. The fourth-order valence-electron chi connectivity index (χ4n) is 1.57. The van der Waals surface area contributed by atoms with Gasteiger partial charge < -0.3 is 16.5 Å². The van der Waals surface area contributed by atoms with Crippen molar-refractivity contribution in [3.63, 3.8) is 0 Å². The summed E-state index contributed by atoms with van der Waals surface area (Å²) in [7, 11) is 0. The van der Waals surface area contributed by atoms with E-state index in [2.05, 4.69) is 19.9 Å². The van der Waals surface area contributed by atoms with Gasteiger partial charge in [0.25, 0.3) is 0 Å². The Morgan fingerprint density at radius 1 is 1.00 bits per heavy atom. The molecule has 5 N–H and O–H groups in total. The topological polar surface area (TPSA) is 106 Å². The van der Waals surface area contributed by atoms with E-state index in [1.807, 2.05) is 18.2 Å². The lowest BCUT2D eigenvalue weighted by atomic mass is 10.3. The molecule has 0 radical (unpaired) electrons. The van der Waals surface area contributed by atoms with Crippen molar-refractivity contribution < 1.29 is 0 Å². The molecule has 0 aromatic carbocycles. The highest BCUT2D eigenvalue weighted by atomic mass is 15.0. The maximum atomic E-state index is 5.55. The Kier molecular flexibility index (Phi) is 1.37. The summed E-state index contributed by atoms with van der Waals surface area (Å²) in [5, 5.41) is 0. The van der Waals surface area contributed by atoms with Crippen LogP contribution in [-0.4, -0.2) is 19.9 Å². The fraction of sp³-hybridized carbons (Fsp3) is 0. The minimum absolute atomic E-state index is 0.275. The van der Waals surface area contributed by atoms with Gasteiger partial charge in [-0.2, -0.15) is 0 Å². The second-order valence-corrected chi connectivity index (χ2v) is 3.25. The molecule has 0 fully saturated rings. The quantitative estimate of drug-likeness (QED) is 0.493. The van der Waals surface area contributed by atoms with Gasteiger partial charge in [0.2, 0.25) is 5.95 Å². The summed E-state index contributed by atoms with van der Waals surface area (Å²) in [6, 6.07) is 5.48. The average molecular weight is 200 g/mol. The first-order chi connectivity index (χ1) is 7.22. The number of hydrogen-bond donors (Lipinski definition) is 3. The number of rotatable bonds is 0. The third-order valence-electron chi connectivity index (χ3n) is 2.19. The van der Waals surface area contributed by atoms with E-state index < -0.39 is 0 Å². The highest BCUT2D eigenvalue weighted by molar-refractivity contribution is 5.81. The first kappa shape index (κ1) is 7.98. The summed E-state index contributed by atoms with van der Waals surface area (Å²) in [5.74, 6) is 0.661. The van der Waals surface area contributed by atoms with Gasteiger partial charge in [-0.25, -0.2) is 15.0 Å². The normalized spacial score (nSPS) is 11.2. The molecule has 6 nitrogen and oxygen atoms in total. The zero-order chi connectivity index (χ0) is 10.4. The molecule has 2 heterocycles. The minimum Gasteiger partial charge on any atom is -0.369 e.